The van der Waals surface area contributed by atoms with E-state index in [1.54, 1.807) is 12.1 Å². The van der Waals surface area contributed by atoms with Crippen molar-refractivity contribution in [2.24, 2.45) is 0 Å². The van der Waals surface area contributed by atoms with Gasteiger partial charge in [-0.1, -0.05) is 35.9 Å². The molecule has 0 spiro atoms. The van der Waals surface area contributed by atoms with Gasteiger partial charge in [0.15, 0.2) is 5.82 Å². The Kier molecular flexibility index (Phi) is 7.47. The number of nitrogens with one attached hydrogen (secondary N) is 1. The van der Waals surface area contributed by atoms with E-state index >= 15 is 0 Å². The average Bonchev–Trinajstić information content (AvgIpc) is 3.08. The lowest BCUT2D eigenvalue weighted by Crippen LogP contribution is -2.32. The van der Waals surface area contributed by atoms with Crippen LogP contribution < -0.4 is 5.32 Å². The van der Waals surface area contributed by atoms with Crippen molar-refractivity contribution in [2.75, 3.05) is 11.9 Å². The molecule has 0 saturated heterocycles. The number of nitrogens with zero attached hydrogens (tertiary/aromatic N) is 2. The number of hydrogen-bond acceptors (Lipinski definition) is 3. The number of hydrogen-bond donors (Lipinski definition) is 1. The molecule has 1 N–H and O–H groups in total. The summed E-state index contributed by atoms with van der Waals surface area (Å²) in [5.74, 6) is -5.09. The predicted molar refractivity (Wildman–Crippen MR) is 108 cm³/mol. The van der Waals surface area contributed by atoms with Gasteiger partial charge in [0, 0.05) is 11.8 Å². The Labute approximate surface area is 184 Å². The van der Waals surface area contributed by atoms with Crippen LogP contribution in [0.2, 0.25) is 5.02 Å². The van der Waals surface area contributed by atoms with E-state index < -0.39 is 24.9 Å². The van der Waals surface area contributed by atoms with Crippen LogP contribution in [0.4, 0.5) is 27.8 Å². The second-order valence-corrected chi connectivity index (χ2v) is 7.27. The smallest absolute Gasteiger partial charge is 0.330 e. The second kappa shape index (κ2) is 10.1. The third-order valence-corrected chi connectivity index (χ3v) is 4.56. The van der Waals surface area contributed by atoms with Gasteiger partial charge in [0.05, 0.1) is 13.2 Å². The fourth-order valence-corrected chi connectivity index (χ4v) is 2.89. The van der Waals surface area contributed by atoms with Crippen molar-refractivity contribution in [3.8, 4) is 0 Å². The fourth-order valence-electron chi connectivity index (χ4n) is 2.69. The molecule has 0 radical (unpaired) electrons. The van der Waals surface area contributed by atoms with Gasteiger partial charge in [-0.15, -0.1) is 0 Å². The van der Waals surface area contributed by atoms with Gasteiger partial charge in [-0.25, -0.2) is 13.2 Å². The van der Waals surface area contributed by atoms with Gasteiger partial charge < -0.3 is 10.1 Å². The van der Waals surface area contributed by atoms with Crippen LogP contribution in [0, 0.1) is 5.82 Å². The standard InChI is InChI=1S/C21H17ClF5N3O2/c22-17-10-30(9-13-4-6-16(23)7-5-13)29-18(17)28-19(31)15-3-1-2-14(8-15)11-32-12-21(26,27)20(24)25/h1-8,10,20H,9,11-12H2,(H,28,29,31). The van der Waals surface area contributed by atoms with Gasteiger partial charge in [0.1, 0.15) is 17.4 Å². The first-order chi connectivity index (χ1) is 15.1. The number of alkyl halides is 4. The van der Waals surface area contributed by atoms with Crippen LogP contribution in [0.25, 0.3) is 0 Å². The molecule has 1 aromatic heterocycles. The van der Waals surface area contributed by atoms with Gasteiger partial charge >= 0.3 is 12.3 Å². The Hall–Kier alpha value is -2.98. The Morgan fingerprint density at radius 3 is 2.56 bits per heavy atom. The lowest BCUT2D eigenvalue weighted by molar-refractivity contribution is -0.168. The highest BCUT2D eigenvalue weighted by Crippen LogP contribution is 2.24. The van der Waals surface area contributed by atoms with Crippen molar-refractivity contribution < 1.29 is 31.5 Å². The molecule has 0 bridgehead atoms. The number of aromatic nitrogens is 2. The maximum Gasteiger partial charge on any atom is 0.330 e. The van der Waals surface area contributed by atoms with E-state index in [9.17, 15) is 26.7 Å². The van der Waals surface area contributed by atoms with Crippen molar-refractivity contribution in [3.05, 3.63) is 82.3 Å². The SMILES string of the molecule is O=C(Nc1nn(Cc2ccc(F)cc2)cc1Cl)c1cccc(COCC(F)(F)C(F)F)c1. The number of anilines is 1. The fraction of sp³-hybridized carbons (Fsp3) is 0.238. The lowest BCUT2D eigenvalue weighted by atomic mass is 10.1. The van der Waals surface area contributed by atoms with Crippen molar-refractivity contribution >= 4 is 23.3 Å². The zero-order valence-electron chi connectivity index (χ0n) is 16.4. The summed E-state index contributed by atoms with van der Waals surface area (Å²) < 4.78 is 69.3. The molecule has 0 saturated carbocycles. The molecule has 1 heterocycles. The first-order valence-corrected chi connectivity index (χ1v) is 9.63. The van der Waals surface area contributed by atoms with Gasteiger partial charge in [-0.2, -0.15) is 13.9 Å². The van der Waals surface area contributed by atoms with Crippen LogP contribution in [0.15, 0.2) is 54.7 Å². The molecule has 0 unspecified atom stereocenters. The number of carbonyl (C=O) groups is 1. The molecule has 0 atom stereocenters. The summed E-state index contributed by atoms with van der Waals surface area (Å²) in [5.41, 5.74) is 1.28. The summed E-state index contributed by atoms with van der Waals surface area (Å²) >= 11 is 6.13. The van der Waals surface area contributed by atoms with Gasteiger partial charge in [-0.05, 0) is 35.4 Å². The van der Waals surface area contributed by atoms with Crippen LogP contribution in [0.5, 0.6) is 0 Å². The lowest BCUT2D eigenvalue weighted by Gasteiger charge is -2.15. The summed E-state index contributed by atoms with van der Waals surface area (Å²) in [7, 11) is 0. The minimum absolute atomic E-state index is 0.0945. The third-order valence-electron chi connectivity index (χ3n) is 4.28. The number of carbonyl (C=O) groups excluding carboxylic acids is 1. The van der Waals surface area contributed by atoms with E-state index in [1.807, 2.05) is 0 Å². The number of rotatable bonds is 9. The van der Waals surface area contributed by atoms with Gasteiger partial charge in [0.25, 0.3) is 5.91 Å². The summed E-state index contributed by atoms with van der Waals surface area (Å²) in [6.45, 7) is -1.52. The van der Waals surface area contributed by atoms with Crippen LogP contribution in [-0.2, 0) is 17.9 Å². The Morgan fingerprint density at radius 2 is 1.88 bits per heavy atom. The van der Waals surface area contributed by atoms with E-state index in [2.05, 4.69) is 15.2 Å². The molecule has 170 valence electrons. The number of ether oxygens (including phenoxy) is 1. The second-order valence-electron chi connectivity index (χ2n) is 6.86. The van der Waals surface area contributed by atoms with Crippen LogP contribution in [0.1, 0.15) is 21.5 Å². The molecule has 0 fully saturated rings. The highest BCUT2D eigenvalue weighted by atomic mass is 35.5. The van der Waals surface area contributed by atoms with Crippen molar-refractivity contribution in [2.45, 2.75) is 25.5 Å². The average molecular weight is 474 g/mol. The minimum Gasteiger partial charge on any atom is -0.370 e. The molecular formula is C21H17ClF5N3O2. The highest BCUT2D eigenvalue weighted by Gasteiger charge is 2.40. The monoisotopic (exact) mass is 473 g/mol. The zero-order chi connectivity index (χ0) is 23.3. The predicted octanol–water partition coefficient (Wildman–Crippen LogP) is 5.39. The van der Waals surface area contributed by atoms with E-state index in [1.165, 1.54) is 47.3 Å². The van der Waals surface area contributed by atoms with Crippen molar-refractivity contribution in [3.63, 3.8) is 0 Å². The van der Waals surface area contributed by atoms with Crippen LogP contribution >= 0.6 is 11.6 Å². The highest BCUT2D eigenvalue weighted by molar-refractivity contribution is 6.33. The molecule has 1 amide bonds. The van der Waals surface area contributed by atoms with E-state index in [4.69, 9.17) is 11.6 Å². The molecule has 2 aromatic carbocycles. The molecule has 0 aliphatic carbocycles. The van der Waals surface area contributed by atoms with Crippen molar-refractivity contribution in [1.82, 2.24) is 9.78 Å². The Balaban J connectivity index is 1.61. The first kappa shape index (κ1) is 23.7. The first-order valence-electron chi connectivity index (χ1n) is 9.25. The maximum atomic E-state index is 13.0. The van der Waals surface area contributed by atoms with Crippen LogP contribution in [-0.4, -0.2) is 34.6 Å². The minimum atomic E-state index is -4.25. The summed E-state index contributed by atoms with van der Waals surface area (Å²) in [4.78, 5) is 12.5. The topological polar surface area (TPSA) is 56.2 Å². The van der Waals surface area contributed by atoms with Crippen molar-refractivity contribution in [1.29, 1.82) is 0 Å². The van der Waals surface area contributed by atoms with Gasteiger partial charge in [-0.3, -0.25) is 9.48 Å². The molecule has 32 heavy (non-hydrogen) atoms. The Bertz CT molecular complexity index is 1070. The molecule has 3 aromatic rings. The molecule has 3 rings (SSSR count). The Morgan fingerprint density at radius 1 is 1.16 bits per heavy atom. The van der Waals surface area contributed by atoms with E-state index in [-0.39, 0.29) is 28.8 Å². The normalized spacial score (nSPS) is 11.7. The number of halogens is 6. The van der Waals surface area contributed by atoms with Gasteiger partial charge in [0.2, 0.25) is 0 Å². The molecular weight excluding hydrogens is 457 g/mol. The van der Waals surface area contributed by atoms with Crippen LogP contribution in [0.3, 0.4) is 0 Å². The molecule has 0 aliphatic heterocycles. The maximum absolute atomic E-state index is 13.0. The quantitative estimate of drug-likeness (QED) is 0.424. The third kappa shape index (κ3) is 6.27. The molecule has 11 heteroatoms. The largest absolute Gasteiger partial charge is 0.370 e. The van der Waals surface area contributed by atoms with E-state index in [0.29, 0.717) is 12.1 Å². The summed E-state index contributed by atoms with van der Waals surface area (Å²) in [6.07, 6.45) is -2.33. The zero-order valence-corrected chi connectivity index (χ0v) is 17.1. The molecule has 0 aliphatic rings. The molecule has 5 nitrogen and oxygen atoms in total. The van der Waals surface area contributed by atoms with E-state index in [0.717, 1.165) is 5.56 Å². The summed E-state index contributed by atoms with van der Waals surface area (Å²) in [5, 5.41) is 6.91. The number of amides is 1. The number of benzene rings is 2. The summed E-state index contributed by atoms with van der Waals surface area (Å²) in [6, 6.07) is 11.6.